The van der Waals surface area contributed by atoms with E-state index < -0.39 is 0 Å². The van der Waals surface area contributed by atoms with Gasteiger partial charge >= 0.3 is 0 Å². The molecule has 2 N–H and O–H groups in total. The van der Waals surface area contributed by atoms with Gasteiger partial charge < -0.3 is 10.6 Å². The van der Waals surface area contributed by atoms with Gasteiger partial charge in [-0.2, -0.15) is 0 Å². The van der Waals surface area contributed by atoms with Crippen molar-refractivity contribution >= 4 is 0 Å². The van der Waals surface area contributed by atoms with Crippen molar-refractivity contribution in [1.82, 2.24) is 14.8 Å². The molecule has 1 aromatic rings. The van der Waals surface area contributed by atoms with Crippen LogP contribution >= 0.6 is 0 Å². The van der Waals surface area contributed by atoms with Crippen molar-refractivity contribution in [2.75, 3.05) is 33.7 Å². The quantitative estimate of drug-likeness (QED) is 0.756. The fourth-order valence-electron chi connectivity index (χ4n) is 1.97. The van der Waals surface area contributed by atoms with Gasteiger partial charge in [0.1, 0.15) is 0 Å². The van der Waals surface area contributed by atoms with Gasteiger partial charge in [-0.25, -0.2) is 0 Å². The highest BCUT2D eigenvalue weighted by Gasteiger charge is 2.08. The molecule has 4 heteroatoms. The summed E-state index contributed by atoms with van der Waals surface area (Å²) < 4.78 is 0. The van der Waals surface area contributed by atoms with Gasteiger partial charge in [0, 0.05) is 32.4 Å². The highest BCUT2D eigenvalue weighted by Crippen LogP contribution is 2.09. The highest BCUT2D eigenvalue weighted by atomic mass is 15.2. The topological polar surface area (TPSA) is 45.4 Å². The molecule has 0 saturated heterocycles. The summed E-state index contributed by atoms with van der Waals surface area (Å²) in [5, 5.41) is 0. The number of nitrogens with zero attached hydrogens (tertiary/aromatic N) is 3. The molecule has 0 unspecified atom stereocenters. The fraction of sp³-hybridized carbons (Fsp3) is 0.643. The summed E-state index contributed by atoms with van der Waals surface area (Å²) in [6.45, 7) is 6.96. The monoisotopic (exact) mass is 250 g/mol. The van der Waals surface area contributed by atoms with Crippen molar-refractivity contribution in [2.24, 2.45) is 5.73 Å². The van der Waals surface area contributed by atoms with Crippen LogP contribution in [0.4, 0.5) is 0 Å². The molecule has 1 heterocycles. The average Bonchev–Trinajstić information content (AvgIpc) is 2.37. The third-order valence-electron chi connectivity index (χ3n) is 2.98. The van der Waals surface area contributed by atoms with E-state index in [1.807, 2.05) is 12.3 Å². The maximum absolute atomic E-state index is 5.73. The number of pyridine rings is 1. The van der Waals surface area contributed by atoms with Crippen LogP contribution in [-0.4, -0.2) is 48.5 Å². The number of likely N-dealkylation sites (N-methyl/N-ethyl adjacent to an activating group) is 1. The fourth-order valence-corrected chi connectivity index (χ4v) is 1.97. The molecule has 0 spiro atoms. The van der Waals surface area contributed by atoms with Crippen molar-refractivity contribution in [3.63, 3.8) is 0 Å². The summed E-state index contributed by atoms with van der Waals surface area (Å²) in [5.41, 5.74) is 8.01. The number of nitrogens with two attached hydrogens (primary N) is 1. The molecule has 0 aliphatic heterocycles. The van der Waals surface area contributed by atoms with Crippen LogP contribution in [0, 0.1) is 0 Å². The smallest absolute Gasteiger partial charge is 0.0584 e. The van der Waals surface area contributed by atoms with E-state index in [9.17, 15) is 0 Å². The van der Waals surface area contributed by atoms with E-state index in [0.29, 0.717) is 6.54 Å². The Hall–Kier alpha value is -0.970. The maximum atomic E-state index is 5.73. The zero-order chi connectivity index (χ0) is 13.4. The lowest BCUT2D eigenvalue weighted by atomic mass is 10.1. The molecule has 4 nitrogen and oxygen atoms in total. The van der Waals surface area contributed by atoms with E-state index in [1.54, 1.807) is 0 Å². The SMILES string of the molecule is CCCN(CCN(C)C)Cc1cccnc1CN. The molecule has 0 atom stereocenters. The summed E-state index contributed by atoms with van der Waals surface area (Å²) in [6, 6.07) is 4.12. The van der Waals surface area contributed by atoms with Gasteiger partial charge in [0.15, 0.2) is 0 Å². The molecule has 0 fully saturated rings. The van der Waals surface area contributed by atoms with Crippen molar-refractivity contribution in [3.8, 4) is 0 Å². The van der Waals surface area contributed by atoms with Crippen LogP contribution in [0.25, 0.3) is 0 Å². The molecule has 0 saturated carbocycles. The molecule has 1 rings (SSSR count). The Morgan fingerprint density at radius 3 is 2.61 bits per heavy atom. The van der Waals surface area contributed by atoms with Crippen molar-refractivity contribution in [3.05, 3.63) is 29.6 Å². The van der Waals surface area contributed by atoms with Crippen LogP contribution in [0.1, 0.15) is 24.6 Å². The Bertz CT molecular complexity index is 338. The van der Waals surface area contributed by atoms with Crippen LogP contribution < -0.4 is 5.73 Å². The van der Waals surface area contributed by atoms with Crippen molar-refractivity contribution < 1.29 is 0 Å². The minimum absolute atomic E-state index is 0.518. The van der Waals surface area contributed by atoms with Gasteiger partial charge in [-0.05, 0) is 38.7 Å². The molecule has 0 aromatic carbocycles. The van der Waals surface area contributed by atoms with E-state index in [-0.39, 0.29) is 0 Å². The van der Waals surface area contributed by atoms with Crippen LogP contribution in [0.5, 0.6) is 0 Å². The molecule has 0 bridgehead atoms. The lowest BCUT2D eigenvalue weighted by molar-refractivity contribution is 0.233. The van der Waals surface area contributed by atoms with E-state index in [1.165, 1.54) is 12.0 Å². The molecule has 18 heavy (non-hydrogen) atoms. The lowest BCUT2D eigenvalue weighted by Gasteiger charge is -2.24. The molecule has 102 valence electrons. The second-order valence-corrected chi connectivity index (χ2v) is 4.89. The first-order valence-corrected chi connectivity index (χ1v) is 6.67. The third-order valence-corrected chi connectivity index (χ3v) is 2.98. The van der Waals surface area contributed by atoms with Crippen molar-refractivity contribution in [1.29, 1.82) is 0 Å². The first kappa shape index (κ1) is 15.1. The largest absolute Gasteiger partial charge is 0.325 e. The number of aromatic nitrogens is 1. The Morgan fingerprint density at radius 2 is 2.00 bits per heavy atom. The van der Waals surface area contributed by atoms with Gasteiger partial charge in [0.25, 0.3) is 0 Å². The second kappa shape index (κ2) is 8.19. The maximum Gasteiger partial charge on any atom is 0.0584 e. The minimum atomic E-state index is 0.518. The number of hydrogen-bond donors (Lipinski definition) is 1. The first-order valence-electron chi connectivity index (χ1n) is 6.67. The zero-order valence-electron chi connectivity index (χ0n) is 11.9. The van der Waals surface area contributed by atoms with E-state index in [0.717, 1.165) is 31.9 Å². The highest BCUT2D eigenvalue weighted by molar-refractivity contribution is 5.19. The molecule has 0 radical (unpaired) electrons. The van der Waals surface area contributed by atoms with Gasteiger partial charge in [0.2, 0.25) is 0 Å². The molecular weight excluding hydrogens is 224 g/mol. The molecule has 0 amide bonds. The van der Waals surface area contributed by atoms with Crippen LogP contribution in [0.2, 0.25) is 0 Å². The normalized spacial score (nSPS) is 11.4. The summed E-state index contributed by atoms with van der Waals surface area (Å²) in [6.07, 6.45) is 2.99. The predicted octanol–water partition coefficient (Wildman–Crippen LogP) is 1.31. The van der Waals surface area contributed by atoms with Crippen molar-refractivity contribution in [2.45, 2.75) is 26.4 Å². The summed E-state index contributed by atoms with van der Waals surface area (Å²) in [7, 11) is 4.22. The Kier molecular flexibility index (Phi) is 6.86. The Morgan fingerprint density at radius 1 is 1.22 bits per heavy atom. The van der Waals surface area contributed by atoms with Crippen LogP contribution in [0.15, 0.2) is 18.3 Å². The average molecular weight is 250 g/mol. The molecular formula is C14H26N4. The predicted molar refractivity (Wildman–Crippen MR) is 76.3 cm³/mol. The van der Waals surface area contributed by atoms with E-state index in [4.69, 9.17) is 5.73 Å². The number of rotatable bonds is 8. The molecule has 0 aliphatic rings. The van der Waals surface area contributed by atoms with Crippen LogP contribution in [-0.2, 0) is 13.1 Å². The van der Waals surface area contributed by atoms with Gasteiger partial charge in [-0.15, -0.1) is 0 Å². The van der Waals surface area contributed by atoms with Gasteiger partial charge in [-0.3, -0.25) is 9.88 Å². The zero-order valence-corrected chi connectivity index (χ0v) is 11.9. The van der Waals surface area contributed by atoms with Gasteiger partial charge in [0.05, 0.1) is 5.69 Å². The molecule has 0 aliphatic carbocycles. The van der Waals surface area contributed by atoms with E-state index >= 15 is 0 Å². The summed E-state index contributed by atoms with van der Waals surface area (Å²) >= 11 is 0. The second-order valence-electron chi connectivity index (χ2n) is 4.89. The summed E-state index contributed by atoms with van der Waals surface area (Å²) in [5.74, 6) is 0. The Labute approximate surface area is 111 Å². The Balaban J connectivity index is 2.63. The summed E-state index contributed by atoms with van der Waals surface area (Å²) in [4.78, 5) is 9.03. The van der Waals surface area contributed by atoms with E-state index in [2.05, 4.69) is 41.9 Å². The molecule has 1 aromatic heterocycles. The van der Waals surface area contributed by atoms with Crippen LogP contribution in [0.3, 0.4) is 0 Å². The standard InChI is InChI=1S/C14H26N4/c1-4-8-18(10-9-17(2)3)12-13-6-5-7-16-14(13)11-15/h5-7H,4,8-12,15H2,1-3H3. The lowest BCUT2D eigenvalue weighted by Crippen LogP contribution is -2.32. The first-order chi connectivity index (χ1) is 8.67. The minimum Gasteiger partial charge on any atom is -0.325 e. The third kappa shape index (κ3) is 5.12. The van der Waals surface area contributed by atoms with Gasteiger partial charge in [-0.1, -0.05) is 13.0 Å². The number of hydrogen-bond acceptors (Lipinski definition) is 4.